The maximum absolute atomic E-state index is 5.27. The summed E-state index contributed by atoms with van der Waals surface area (Å²) in [5.41, 5.74) is 11.1. The van der Waals surface area contributed by atoms with E-state index in [0.717, 1.165) is 38.8 Å². The molecule has 3 aromatic heterocycles. The third-order valence-electron chi connectivity index (χ3n) is 9.44. The number of aromatic nitrogens is 3. The summed E-state index contributed by atoms with van der Waals surface area (Å²) in [6.07, 6.45) is 0. The zero-order valence-electron chi connectivity index (χ0n) is 24.0. The van der Waals surface area contributed by atoms with Crippen molar-refractivity contribution in [1.82, 2.24) is 14.4 Å². The van der Waals surface area contributed by atoms with E-state index in [1.165, 1.54) is 60.0 Å². The van der Waals surface area contributed by atoms with Gasteiger partial charge in [0.1, 0.15) is 0 Å². The number of fused-ring (bicyclic) bond motifs is 12. The maximum atomic E-state index is 5.27. The predicted octanol–water partition coefficient (Wildman–Crippen LogP) is 10.7. The van der Waals surface area contributed by atoms with Gasteiger partial charge in [-0.3, -0.25) is 0 Å². The first-order chi connectivity index (χ1) is 21.7. The molecule has 3 heteroatoms. The number of nitrogens with zero attached hydrogens (tertiary/aromatic N) is 3. The van der Waals surface area contributed by atoms with Crippen LogP contribution in [0.15, 0.2) is 133 Å². The van der Waals surface area contributed by atoms with Crippen molar-refractivity contribution in [2.24, 2.45) is 0 Å². The van der Waals surface area contributed by atoms with Crippen molar-refractivity contribution in [3.05, 3.63) is 139 Å². The van der Waals surface area contributed by atoms with E-state index in [1.807, 2.05) is 0 Å². The highest BCUT2D eigenvalue weighted by Gasteiger charge is 2.18. The van der Waals surface area contributed by atoms with E-state index in [0.29, 0.717) is 0 Å². The van der Waals surface area contributed by atoms with Crippen molar-refractivity contribution in [3.8, 4) is 22.4 Å². The second kappa shape index (κ2) is 8.62. The first-order valence-electron chi connectivity index (χ1n) is 15.1. The molecule has 10 rings (SSSR count). The number of benzene rings is 7. The molecule has 0 spiro atoms. The lowest BCUT2D eigenvalue weighted by Crippen LogP contribution is -1.96. The SMILES string of the molecule is Cc1nc2c3ccccc3c3ccccc3c2nc1-c1ccc(-c2ccc3c(c2)c2cccc4c5ccccc5n3c42)cc1. The minimum Gasteiger partial charge on any atom is -0.308 e. The molecule has 0 N–H and O–H groups in total. The van der Waals surface area contributed by atoms with Crippen LogP contribution >= 0.6 is 0 Å². The summed E-state index contributed by atoms with van der Waals surface area (Å²) in [6, 6.07) is 48.1. The second-order valence-corrected chi connectivity index (χ2v) is 11.8. The number of hydrogen-bond donors (Lipinski definition) is 0. The standard InChI is InChI=1S/C41H25N3/c1-24-38(43-40-32-13-5-3-10-29(32)28-9-2-4-12-31(28)39(40)42-24)26-19-17-25(18-20-26)27-21-22-37-35(23-27)34-15-8-14-33-30-11-6-7-16-36(30)44(37)41(33)34/h2-23H,1H3. The summed E-state index contributed by atoms with van der Waals surface area (Å²) in [5, 5.41) is 9.91. The smallest absolute Gasteiger partial charge is 0.0979 e. The highest BCUT2D eigenvalue weighted by molar-refractivity contribution is 6.24. The van der Waals surface area contributed by atoms with Crippen molar-refractivity contribution in [2.75, 3.05) is 0 Å². The van der Waals surface area contributed by atoms with Crippen molar-refractivity contribution in [1.29, 1.82) is 0 Å². The van der Waals surface area contributed by atoms with E-state index >= 15 is 0 Å². The Morgan fingerprint density at radius 2 is 0.932 bits per heavy atom. The Balaban J connectivity index is 1.12. The minimum absolute atomic E-state index is 0.927. The van der Waals surface area contributed by atoms with Crippen molar-refractivity contribution in [2.45, 2.75) is 6.92 Å². The molecule has 0 aliphatic carbocycles. The van der Waals surface area contributed by atoms with Gasteiger partial charge in [-0.05, 0) is 47.0 Å². The molecule has 0 radical (unpaired) electrons. The molecule has 3 nitrogen and oxygen atoms in total. The average Bonchev–Trinajstić information content (AvgIpc) is 3.60. The summed E-state index contributed by atoms with van der Waals surface area (Å²) in [4.78, 5) is 10.4. The van der Waals surface area contributed by atoms with Crippen LogP contribution in [0.1, 0.15) is 5.69 Å². The molecule has 0 fully saturated rings. The van der Waals surface area contributed by atoms with E-state index in [2.05, 4.69) is 145 Å². The summed E-state index contributed by atoms with van der Waals surface area (Å²) >= 11 is 0. The quantitative estimate of drug-likeness (QED) is 0.197. The van der Waals surface area contributed by atoms with Crippen molar-refractivity contribution >= 4 is 70.7 Å². The van der Waals surface area contributed by atoms with E-state index in [9.17, 15) is 0 Å². The molecular weight excluding hydrogens is 534 g/mol. The molecule has 0 saturated carbocycles. The average molecular weight is 560 g/mol. The summed E-state index contributed by atoms with van der Waals surface area (Å²) < 4.78 is 2.43. The summed E-state index contributed by atoms with van der Waals surface area (Å²) in [5.74, 6) is 0. The van der Waals surface area contributed by atoms with Crippen LogP contribution in [-0.2, 0) is 0 Å². The van der Waals surface area contributed by atoms with E-state index < -0.39 is 0 Å². The molecule has 204 valence electrons. The Hall–Kier alpha value is -5.80. The van der Waals surface area contributed by atoms with E-state index in [4.69, 9.17) is 9.97 Å². The lowest BCUT2D eigenvalue weighted by Gasteiger charge is -2.13. The second-order valence-electron chi connectivity index (χ2n) is 11.8. The number of hydrogen-bond acceptors (Lipinski definition) is 2. The molecule has 0 atom stereocenters. The van der Waals surface area contributed by atoms with Crippen LogP contribution < -0.4 is 0 Å². The van der Waals surface area contributed by atoms with Crippen LogP contribution in [0.3, 0.4) is 0 Å². The predicted molar refractivity (Wildman–Crippen MR) is 185 cm³/mol. The van der Waals surface area contributed by atoms with Crippen LogP contribution in [0.25, 0.3) is 93.1 Å². The van der Waals surface area contributed by atoms with Gasteiger partial charge in [0.15, 0.2) is 0 Å². The van der Waals surface area contributed by atoms with Crippen molar-refractivity contribution in [3.63, 3.8) is 0 Å². The molecule has 0 aliphatic rings. The topological polar surface area (TPSA) is 30.2 Å². The molecule has 0 saturated heterocycles. The van der Waals surface area contributed by atoms with Gasteiger partial charge in [-0.2, -0.15) is 0 Å². The van der Waals surface area contributed by atoms with Gasteiger partial charge < -0.3 is 4.40 Å². The molecule has 0 amide bonds. The van der Waals surface area contributed by atoms with Gasteiger partial charge in [-0.25, -0.2) is 9.97 Å². The number of aryl methyl sites for hydroxylation is 1. The van der Waals surface area contributed by atoms with Crippen molar-refractivity contribution < 1.29 is 0 Å². The van der Waals surface area contributed by atoms with Gasteiger partial charge in [0.25, 0.3) is 0 Å². The van der Waals surface area contributed by atoms with Crippen LogP contribution in [-0.4, -0.2) is 14.4 Å². The zero-order chi connectivity index (χ0) is 28.9. The van der Waals surface area contributed by atoms with Gasteiger partial charge in [0.05, 0.1) is 39.0 Å². The van der Waals surface area contributed by atoms with Crippen LogP contribution in [0, 0.1) is 6.92 Å². The molecule has 0 unspecified atom stereocenters. The molecule has 7 aromatic carbocycles. The van der Waals surface area contributed by atoms with Gasteiger partial charge in [0, 0.05) is 37.9 Å². The molecule has 0 aliphatic heterocycles. The fourth-order valence-electron chi connectivity index (χ4n) is 7.45. The van der Waals surface area contributed by atoms with Gasteiger partial charge in [-0.1, -0.05) is 115 Å². The van der Waals surface area contributed by atoms with Crippen LogP contribution in [0.4, 0.5) is 0 Å². The Morgan fingerprint density at radius 3 is 1.66 bits per heavy atom. The third kappa shape index (κ3) is 3.10. The molecule has 10 aromatic rings. The van der Waals surface area contributed by atoms with Gasteiger partial charge in [-0.15, -0.1) is 0 Å². The fourth-order valence-corrected chi connectivity index (χ4v) is 7.45. The van der Waals surface area contributed by atoms with E-state index in [1.54, 1.807) is 0 Å². The largest absolute Gasteiger partial charge is 0.308 e. The summed E-state index contributed by atoms with van der Waals surface area (Å²) in [6.45, 7) is 2.07. The Kier molecular flexibility index (Phi) is 4.65. The van der Waals surface area contributed by atoms with Gasteiger partial charge >= 0.3 is 0 Å². The minimum atomic E-state index is 0.927. The number of para-hydroxylation sites is 2. The molecular formula is C41H25N3. The summed E-state index contributed by atoms with van der Waals surface area (Å²) in [7, 11) is 0. The van der Waals surface area contributed by atoms with E-state index in [-0.39, 0.29) is 0 Å². The fraction of sp³-hybridized carbons (Fsp3) is 0.0244. The first-order valence-corrected chi connectivity index (χ1v) is 15.1. The maximum Gasteiger partial charge on any atom is 0.0979 e. The highest BCUT2D eigenvalue weighted by atomic mass is 14.9. The van der Waals surface area contributed by atoms with Gasteiger partial charge in [0.2, 0.25) is 0 Å². The first kappa shape index (κ1) is 23.7. The number of rotatable bonds is 2. The molecule has 0 bridgehead atoms. The van der Waals surface area contributed by atoms with Crippen LogP contribution in [0.5, 0.6) is 0 Å². The monoisotopic (exact) mass is 559 g/mol. The molecule has 44 heavy (non-hydrogen) atoms. The van der Waals surface area contributed by atoms with Crippen LogP contribution in [0.2, 0.25) is 0 Å². The lowest BCUT2D eigenvalue weighted by molar-refractivity contribution is 1.20. The zero-order valence-corrected chi connectivity index (χ0v) is 24.0. The Bertz CT molecular complexity index is 2770. The molecule has 3 heterocycles. The third-order valence-corrected chi connectivity index (χ3v) is 9.44. The highest BCUT2D eigenvalue weighted by Crippen LogP contribution is 2.40. The normalized spacial score (nSPS) is 12.2. The lowest BCUT2D eigenvalue weighted by atomic mass is 9.98. The Labute approximate surface area is 253 Å². The Morgan fingerprint density at radius 1 is 0.409 bits per heavy atom.